The molecule has 0 aromatic heterocycles. The lowest BCUT2D eigenvalue weighted by atomic mass is 10.2. The zero-order chi connectivity index (χ0) is 16.5. The van der Waals surface area contributed by atoms with Crippen LogP contribution in [-0.2, 0) is 23.8 Å². The predicted octanol–water partition coefficient (Wildman–Crippen LogP) is 1.52. The van der Waals surface area contributed by atoms with Crippen molar-refractivity contribution in [2.24, 2.45) is 0 Å². The molecule has 120 valence electrons. The standard InChI is InChI=1S/C14H23NO6/c1-14(2,3)21-13(18)15(4)9-6-10-20-12(17)8-7-11(16)19-5/h7-8H,6,9-10H2,1-5H3/b8-7+. The van der Waals surface area contributed by atoms with Gasteiger partial charge >= 0.3 is 18.0 Å². The lowest BCUT2D eigenvalue weighted by molar-refractivity contribution is -0.139. The van der Waals surface area contributed by atoms with Crippen LogP contribution in [0.4, 0.5) is 4.79 Å². The molecular formula is C14H23NO6. The Morgan fingerprint density at radius 3 is 2.19 bits per heavy atom. The van der Waals surface area contributed by atoms with Crippen LogP contribution in [-0.4, -0.2) is 55.8 Å². The van der Waals surface area contributed by atoms with Gasteiger partial charge in [-0.05, 0) is 27.2 Å². The van der Waals surface area contributed by atoms with E-state index in [1.807, 2.05) is 0 Å². The molecule has 0 aliphatic carbocycles. The quantitative estimate of drug-likeness (QED) is 0.320. The third-order valence-corrected chi connectivity index (χ3v) is 2.14. The summed E-state index contributed by atoms with van der Waals surface area (Å²) in [7, 11) is 2.82. The fourth-order valence-corrected chi connectivity index (χ4v) is 1.16. The number of carbonyl (C=O) groups excluding carboxylic acids is 3. The summed E-state index contributed by atoms with van der Waals surface area (Å²) in [5, 5.41) is 0. The Labute approximate surface area is 124 Å². The number of hydrogen-bond acceptors (Lipinski definition) is 6. The Kier molecular flexibility index (Phi) is 8.11. The molecule has 0 atom stereocenters. The number of esters is 2. The van der Waals surface area contributed by atoms with E-state index in [1.54, 1.807) is 27.8 Å². The van der Waals surface area contributed by atoms with E-state index in [0.29, 0.717) is 13.0 Å². The molecule has 7 nitrogen and oxygen atoms in total. The van der Waals surface area contributed by atoms with Crippen molar-refractivity contribution in [3.8, 4) is 0 Å². The van der Waals surface area contributed by atoms with E-state index in [0.717, 1.165) is 12.2 Å². The van der Waals surface area contributed by atoms with Crippen LogP contribution >= 0.6 is 0 Å². The normalized spacial score (nSPS) is 11.1. The first-order valence-electron chi connectivity index (χ1n) is 6.52. The van der Waals surface area contributed by atoms with Crippen LogP contribution in [0.2, 0.25) is 0 Å². The Morgan fingerprint density at radius 2 is 1.67 bits per heavy atom. The minimum Gasteiger partial charge on any atom is -0.466 e. The lowest BCUT2D eigenvalue weighted by Gasteiger charge is -2.24. The van der Waals surface area contributed by atoms with Gasteiger partial charge in [0.25, 0.3) is 0 Å². The second kappa shape index (κ2) is 8.99. The van der Waals surface area contributed by atoms with Crippen molar-refractivity contribution in [2.45, 2.75) is 32.8 Å². The largest absolute Gasteiger partial charge is 0.466 e. The van der Waals surface area contributed by atoms with Crippen molar-refractivity contribution in [3.05, 3.63) is 12.2 Å². The van der Waals surface area contributed by atoms with Crippen molar-refractivity contribution in [2.75, 3.05) is 27.3 Å². The zero-order valence-electron chi connectivity index (χ0n) is 13.2. The molecule has 0 aliphatic heterocycles. The molecule has 0 heterocycles. The van der Waals surface area contributed by atoms with Gasteiger partial charge in [-0.3, -0.25) is 0 Å². The fourth-order valence-electron chi connectivity index (χ4n) is 1.16. The number of rotatable bonds is 6. The SMILES string of the molecule is COC(=O)/C=C/C(=O)OCCCN(C)C(=O)OC(C)(C)C. The van der Waals surface area contributed by atoms with E-state index in [-0.39, 0.29) is 6.61 Å². The summed E-state index contributed by atoms with van der Waals surface area (Å²) in [6.07, 6.45) is 2.01. The molecule has 0 saturated carbocycles. The van der Waals surface area contributed by atoms with Crippen LogP contribution in [0.1, 0.15) is 27.2 Å². The van der Waals surface area contributed by atoms with E-state index in [4.69, 9.17) is 9.47 Å². The summed E-state index contributed by atoms with van der Waals surface area (Å²) >= 11 is 0. The van der Waals surface area contributed by atoms with Crippen molar-refractivity contribution in [1.82, 2.24) is 4.90 Å². The first-order chi connectivity index (χ1) is 9.65. The molecule has 0 saturated heterocycles. The molecular weight excluding hydrogens is 278 g/mol. The first kappa shape index (κ1) is 18.9. The molecule has 0 aromatic rings. The maximum atomic E-state index is 11.6. The summed E-state index contributed by atoms with van der Waals surface area (Å²) in [6, 6.07) is 0. The van der Waals surface area contributed by atoms with Gasteiger partial charge in [-0.15, -0.1) is 0 Å². The van der Waals surface area contributed by atoms with E-state index in [1.165, 1.54) is 12.0 Å². The van der Waals surface area contributed by atoms with Gasteiger partial charge in [0.1, 0.15) is 5.60 Å². The summed E-state index contributed by atoms with van der Waals surface area (Å²) in [5.41, 5.74) is -0.545. The highest BCUT2D eigenvalue weighted by Crippen LogP contribution is 2.09. The van der Waals surface area contributed by atoms with Crippen LogP contribution in [0, 0.1) is 0 Å². The first-order valence-corrected chi connectivity index (χ1v) is 6.52. The summed E-state index contributed by atoms with van der Waals surface area (Å²) in [6.45, 7) is 5.89. The molecule has 1 amide bonds. The second-order valence-corrected chi connectivity index (χ2v) is 5.28. The molecule has 7 heteroatoms. The molecule has 0 aromatic carbocycles. The van der Waals surface area contributed by atoms with Crippen LogP contribution in [0.15, 0.2) is 12.2 Å². The summed E-state index contributed by atoms with van der Waals surface area (Å²) in [4.78, 5) is 35.0. The van der Waals surface area contributed by atoms with Gasteiger partial charge in [0.05, 0.1) is 13.7 Å². The molecule has 0 radical (unpaired) electrons. The summed E-state index contributed by atoms with van der Waals surface area (Å²) in [5.74, 6) is -1.27. The number of nitrogens with zero attached hydrogens (tertiary/aromatic N) is 1. The third kappa shape index (κ3) is 10.4. The highest BCUT2D eigenvalue weighted by atomic mass is 16.6. The minimum atomic E-state index is -0.639. The summed E-state index contributed by atoms with van der Waals surface area (Å²) < 4.78 is 14.4. The molecule has 0 spiro atoms. The van der Waals surface area contributed by atoms with Gasteiger partial charge in [0.2, 0.25) is 0 Å². The van der Waals surface area contributed by atoms with Crippen molar-refractivity contribution >= 4 is 18.0 Å². The fraction of sp³-hybridized carbons (Fsp3) is 0.643. The molecule has 0 N–H and O–H groups in total. The Balaban J connectivity index is 3.90. The minimum absolute atomic E-state index is 0.136. The van der Waals surface area contributed by atoms with Gasteiger partial charge < -0.3 is 19.1 Å². The highest BCUT2D eigenvalue weighted by Gasteiger charge is 2.19. The predicted molar refractivity (Wildman–Crippen MR) is 75.6 cm³/mol. The third-order valence-electron chi connectivity index (χ3n) is 2.14. The molecule has 0 aliphatic rings. The van der Waals surface area contributed by atoms with Crippen LogP contribution < -0.4 is 0 Å². The van der Waals surface area contributed by atoms with E-state index >= 15 is 0 Å². The highest BCUT2D eigenvalue weighted by molar-refractivity contribution is 5.91. The second-order valence-electron chi connectivity index (χ2n) is 5.28. The van der Waals surface area contributed by atoms with Crippen molar-refractivity contribution < 1.29 is 28.6 Å². The van der Waals surface area contributed by atoms with E-state index in [9.17, 15) is 14.4 Å². The molecule has 0 unspecified atom stereocenters. The molecule has 0 bridgehead atoms. The Hall–Kier alpha value is -2.05. The van der Waals surface area contributed by atoms with E-state index in [2.05, 4.69) is 4.74 Å². The molecule has 0 fully saturated rings. The number of hydrogen-bond donors (Lipinski definition) is 0. The maximum Gasteiger partial charge on any atom is 0.410 e. The number of methoxy groups -OCH3 is 1. The lowest BCUT2D eigenvalue weighted by Crippen LogP contribution is -2.35. The average Bonchev–Trinajstić information content (AvgIpc) is 2.38. The smallest absolute Gasteiger partial charge is 0.410 e. The number of ether oxygens (including phenoxy) is 3. The van der Waals surface area contributed by atoms with Crippen molar-refractivity contribution in [3.63, 3.8) is 0 Å². The monoisotopic (exact) mass is 301 g/mol. The zero-order valence-corrected chi connectivity index (χ0v) is 13.2. The van der Waals surface area contributed by atoms with E-state index < -0.39 is 23.6 Å². The maximum absolute atomic E-state index is 11.6. The van der Waals surface area contributed by atoms with Gasteiger partial charge in [0.15, 0.2) is 0 Å². The molecule has 0 rings (SSSR count). The van der Waals surface area contributed by atoms with Crippen LogP contribution in [0.25, 0.3) is 0 Å². The van der Waals surface area contributed by atoms with Gasteiger partial charge in [-0.1, -0.05) is 0 Å². The number of amides is 1. The average molecular weight is 301 g/mol. The number of carbonyl (C=O) groups is 3. The van der Waals surface area contributed by atoms with Crippen LogP contribution in [0.5, 0.6) is 0 Å². The van der Waals surface area contributed by atoms with Gasteiger partial charge in [-0.2, -0.15) is 0 Å². The van der Waals surface area contributed by atoms with Gasteiger partial charge in [-0.25, -0.2) is 14.4 Å². The molecule has 21 heavy (non-hydrogen) atoms. The Morgan fingerprint density at radius 1 is 1.10 bits per heavy atom. The van der Waals surface area contributed by atoms with Gasteiger partial charge in [0, 0.05) is 25.7 Å². The van der Waals surface area contributed by atoms with Crippen LogP contribution in [0.3, 0.4) is 0 Å². The Bertz CT molecular complexity index is 397. The van der Waals surface area contributed by atoms with Crippen molar-refractivity contribution in [1.29, 1.82) is 0 Å². The topological polar surface area (TPSA) is 82.1 Å².